The lowest BCUT2D eigenvalue weighted by atomic mass is 10.1. The molecule has 0 spiro atoms. The molecule has 2 aromatic carbocycles. The van der Waals surface area contributed by atoms with E-state index in [-0.39, 0.29) is 18.5 Å². The van der Waals surface area contributed by atoms with Gasteiger partial charge in [-0.15, -0.1) is 0 Å². The molecule has 0 unspecified atom stereocenters. The Balaban J connectivity index is 1.91. The molecule has 4 nitrogen and oxygen atoms in total. The summed E-state index contributed by atoms with van der Waals surface area (Å²) in [6, 6.07) is 12.8. The smallest absolute Gasteiger partial charge is 0.234 e. The van der Waals surface area contributed by atoms with E-state index in [4.69, 9.17) is 27.9 Å². The lowest BCUT2D eigenvalue weighted by Crippen LogP contribution is -2.36. The molecule has 0 aromatic heterocycles. The number of hydrogen-bond donors (Lipinski definition) is 1. The van der Waals surface area contributed by atoms with Crippen molar-refractivity contribution in [2.45, 2.75) is 19.5 Å². The first kappa shape index (κ1) is 19.6. The minimum absolute atomic E-state index is 0.0501. The van der Waals surface area contributed by atoms with Crippen LogP contribution < -0.4 is 10.1 Å². The molecule has 0 aliphatic carbocycles. The number of nitrogens with zero attached hydrogens (tertiary/aromatic N) is 1. The summed E-state index contributed by atoms with van der Waals surface area (Å²) in [7, 11) is 3.50. The van der Waals surface area contributed by atoms with Gasteiger partial charge in [0.2, 0.25) is 5.91 Å². The van der Waals surface area contributed by atoms with Gasteiger partial charge in [0.1, 0.15) is 5.75 Å². The number of carbonyl (C=O) groups is 1. The molecule has 2 aromatic rings. The number of rotatable bonds is 7. The van der Waals surface area contributed by atoms with Gasteiger partial charge in [0.05, 0.1) is 19.7 Å². The van der Waals surface area contributed by atoms with Gasteiger partial charge in [-0.2, -0.15) is 0 Å². The molecule has 134 valence electrons. The van der Waals surface area contributed by atoms with Crippen molar-refractivity contribution in [3.63, 3.8) is 0 Å². The van der Waals surface area contributed by atoms with Crippen molar-refractivity contribution in [1.82, 2.24) is 10.2 Å². The van der Waals surface area contributed by atoms with Crippen LogP contribution in [0.3, 0.4) is 0 Å². The van der Waals surface area contributed by atoms with Crippen molar-refractivity contribution >= 4 is 29.1 Å². The summed E-state index contributed by atoms with van der Waals surface area (Å²) in [4.78, 5) is 14.2. The van der Waals surface area contributed by atoms with Crippen LogP contribution in [0, 0.1) is 0 Å². The second kappa shape index (κ2) is 9.09. The van der Waals surface area contributed by atoms with Crippen LogP contribution in [0.15, 0.2) is 42.5 Å². The van der Waals surface area contributed by atoms with E-state index in [0.29, 0.717) is 16.6 Å². The third-order valence-corrected chi connectivity index (χ3v) is 4.33. The summed E-state index contributed by atoms with van der Waals surface area (Å²) < 4.78 is 5.34. The summed E-state index contributed by atoms with van der Waals surface area (Å²) in [6.45, 7) is 2.78. The first-order valence-corrected chi connectivity index (χ1v) is 8.70. The predicted octanol–water partition coefficient (Wildman–Crippen LogP) is 4.31. The van der Waals surface area contributed by atoms with Crippen molar-refractivity contribution in [2.24, 2.45) is 0 Å². The minimum Gasteiger partial charge on any atom is -0.496 e. The molecule has 0 heterocycles. The maximum absolute atomic E-state index is 12.3. The summed E-state index contributed by atoms with van der Waals surface area (Å²) in [5.74, 6) is 0.706. The number of likely N-dealkylation sites (N-methyl/N-ethyl adjacent to an activating group) is 1. The van der Waals surface area contributed by atoms with Crippen LogP contribution in [0.1, 0.15) is 24.1 Å². The first-order valence-electron chi connectivity index (χ1n) is 7.95. The molecule has 0 bridgehead atoms. The third-order valence-electron chi connectivity index (χ3n) is 3.84. The Kier molecular flexibility index (Phi) is 7.12. The average Bonchev–Trinajstić information content (AvgIpc) is 2.55. The van der Waals surface area contributed by atoms with Gasteiger partial charge in [0, 0.05) is 22.2 Å². The van der Waals surface area contributed by atoms with Crippen LogP contribution in [-0.2, 0) is 11.3 Å². The molecule has 0 saturated heterocycles. The van der Waals surface area contributed by atoms with Gasteiger partial charge in [-0.3, -0.25) is 9.69 Å². The van der Waals surface area contributed by atoms with Gasteiger partial charge < -0.3 is 10.1 Å². The molecule has 0 aliphatic heterocycles. The zero-order valence-electron chi connectivity index (χ0n) is 14.6. The zero-order valence-corrected chi connectivity index (χ0v) is 16.1. The summed E-state index contributed by atoms with van der Waals surface area (Å²) >= 11 is 11.9. The van der Waals surface area contributed by atoms with Gasteiger partial charge in [-0.05, 0) is 49.9 Å². The van der Waals surface area contributed by atoms with E-state index >= 15 is 0 Å². The fraction of sp³-hybridized carbons (Fsp3) is 0.316. The minimum atomic E-state index is -0.0844. The van der Waals surface area contributed by atoms with Gasteiger partial charge in [0.25, 0.3) is 0 Å². The average molecular weight is 381 g/mol. The van der Waals surface area contributed by atoms with Crippen molar-refractivity contribution in [1.29, 1.82) is 0 Å². The number of hydrogen-bond acceptors (Lipinski definition) is 3. The highest BCUT2D eigenvalue weighted by Gasteiger charge is 2.13. The molecule has 0 aliphatic rings. The van der Waals surface area contributed by atoms with E-state index in [9.17, 15) is 4.79 Å². The number of halogens is 2. The molecule has 0 radical (unpaired) electrons. The fourth-order valence-corrected chi connectivity index (χ4v) is 2.91. The fourth-order valence-electron chi connectivity index (χ4n) is 2.58. The number of carbonyl (C=O) groups excluding carboxylic acids is 1. The van der Waals surface area contributed by atoms with E-state index in [1.165, 1.54) is 0 Å². The topological polar surface area (TPSA) is 41.6 Å². The standard InChI is InChI=1S/C19H22Cl2N2O2/c1-13(14-4-6-16(20)7-5-14)22-19(24)12-23(2)11-15-10-17(21)8-9-18(15)25-3/h4-10,13H,11-12H2,1-3H3,(H,22,24)/t13-/m1/s1. The van der Waals surface area contributed by atoms with Crippen LogP contribution >= 0.6 is 23.2 Å². The van der Waals surface area contributed by atoms with Crippen LogP contribution in [0.4, 0.5) is 0 Å². The Morgan fingerprint density at radius 1 is 1.16 bits per heavy atom. The number of methoxy groups -OCH3 is 1. The lowest BCUT2D eigenvalue weighted by Gasteiger charge is -2.20. The van der Waals surface area contributed by atoms with Gasteiger partial charge in [-0.1, -0.05) is 35.3 Å². The van der Waals surface area contributed by atoms with Crippen LogP contribution in [0.2, 0.25) is 10.0 Å². The SMILES string of the molecule is COc1ccc(Cl)cc1CN(C)CC(=O)N[C@H](C)c1ccc(Cl)cc1. The van der Waals surface area contributed by atoms with Crippen molar-refractivity contribution in [3.05, 3.63) is 63.6 Å². The lowest BCUT2D eigenvalue weighted by molar-refractivity contribution is -0.122. The second-order valence-electron chi connectivity index (χ2n) is 5.97. The molecule has 25 heavy (non-hydrogen) atoms. The largest absolute Gasteiger partial charge is 0.496 e. The number of nitrogens with one attached hydrogen (secondary N) is 1. The highest BCUT2D eigenvalue weighted by molar-refractivity contribution is 6.30. The normalized spacial score (nSPS) is 12.1. The number of ether oxygens (including phenoxy) is 1. The maximum Gasteiger partial charge on any atom is 0.234 e. The predicted molar refractivity (Wildman–Crippen MR) is 102 cm³/mol. The molecule has 0 saturated carbocycles. The Hall–Kier alpha value is -1.75. The molecule has 1 N–H and O–H groups in total. The molecular formula is C19H22Cl2N2O2. The van der Waals surface area contributed by atoms with Gasteiger partial charge in [-0.25, -0.2) is 0 Å². The molecule has 6 heteroatoms. The van der Waals surface area contributed by atoms with Gasteiger partial charge in [0.15, 0.2) is 0 Å². The maximum atomic E-state index is 12.3. The monoisotopic (exact) mass is 380 g/mol. The van der Waals surface area contributed by atoms with Gasteiger partial charge >= 0.3 is 0 Å². The Labute approximate surface area is 158 Å². The highest BCUT2D eigenvalue weighted by atomic mass is 35.5. The van der Waals surface area contributed by atoms with Crippen molar-refractivity contribution in [2.75, 3.05) is 20.7 Å². The van der Waals surface area contributed by atoms with E-state index in [0.717, 1.165) is 16.9 Å². The summed E-state index contributed by atoms with van der Waals surface area (Å²) in [5, 5.41) is 4.31. The Morgan fingerprint density at radius 3 is 2.44 bits per heavy atom. The number of benzene rings is 2. The molecule has 1 amide bonds. The third kappa shape index (κ3) is 5.92. The first-order chi connectivity index (χ1) is 11.9. The molecule has 0 fully saturated rings. The molecular weight excluding hydrogens is 359 g/mol. The Bertz CT molecular complexity index is 720. The van der Waals surface area contributed by atoms with Crippen LogP contribution in [0.25, 0.3) is 0 Å². The molecule has 2 rings (SSSR count). The van der Waals surface area contributed by atoms with E-state index in [2.05, 4.69) is 5.32 Å². The van der Waals surface area contributed by atoms with Crippen molar-refractivity contribution < 1.29 is 9.53 Å². The summed E-state index contributed by atoms with van der Waals surface area (Å²) in [5.41, 5.74) is 1.95. The van der Waals surface area contributed by atoms with E-state index in [1.807, 2.05) is 55.3 Å². The Morgan fingerprint density at radius 2 is 1.80 bits per heavy atom. The highest BCUT2D eigenvalue weighted by Crippen LogP contribution is 2.23. The zero-order chi connectivity index (χ0) is 18.4. The quantitative estimate of drug-likeness (QED) is 0.777. The number of amides is 1. The second-order valence-corrected chi connectivity index (χ2v) is 6.84. The van der Waals surface area contributed by atoms with Crippen LogP contribution in [0.5, 0.6) is 5.75 Å². The summed E-state index contributed by atoms with van der Waals surface area (Å²) in [6.07, 6.45) is 0. The molecule has 1 atom stereocenters. The van der Waals surface area contributed by atoms with Crippen LogP contribution in [-0.4, -0.2) is 31.5 Å². The van der Waals surface area contributed by atoms with E-state index < -0.39 is 0 Å². The van der Waals surface area contributed by atoms with E-state index in [1.54, 1.807) is 13.2 Å². The van der Waals surface area contributed by atoms with Crippen molar-refractivity contribution in [3.8, 4) is 5.75 Å².